The van der Waals surface area contributed by atoms with Crippen molar-refractivity contribution in [2.75, 3.05) is 4.90 Å². The van der Waals surface area contributed by atoms with Gasteiger partial charge in [-0.1, -0.05) is 33.6 Å². The fourth-order valence-electron chi connectivity index (χ4n) is 4.09. The van der Waals surface area contributed by atoms with E-state index in [4.69, 9.17) is 16.0 Å². The second-order valence-electron chi connectivity index (χ2n) is 7.68. The van der Waals surface area contributed by atoms with Crippen molar-refractivity contribution in [3.63, 3.8) is 0 Å². The van der Waals surface area contributed by atoms with Crippen LogP contribution in [0.5, 0.6) is 0 Å². The molecule has 0 radical (unpaired) electrons. The summed E-state index contributed by atoms with van der Waals surface area (Å²) in [5, 5.41) is 12.1. The molecule has 3 heterocycles. The molecule has 1 aliphatic rings. The maximum Gasteiger partial charge on any atom is 0.294 e. The Hall–Kier alpha value is -3.42. The van der Waals surface area contributed by atoms with Crippen LogP contribution in [0, 0.1) is 6.92 Å². The Kier molecular flexibility index (Phi) is 5.31. The summed E-state index contributed by atoms with van der Waals surface area (Å²) in [6.07, 6.45) is 3.16. The maximum atomic E-state index is 13.6. The van der Waals surface area contributed by atoms with Crippen LogP contribution in [-0.2, 0) is 4.79 Å². The highest BCUT2D eigenvalue weighted by molar-refractivity contribution is 9.10. The number of anilines is 1. The molecule has 5 rings (SSSR count). The molecule has 0 bridgehead atoms. The van der Waals surface area contributed by atoms with E-state index in [0.717, 1.165) is 15.4 Å². The number of aliphatic hydroxyl groups is 1. The van der Waals surface area contributed by atoms with Gasteiger partial charge in [0, 0.05) is 33.0 Å². The zero-order valence-electron chi connectivity index (χ0n) is 17.3. The Labute approximate surface area is 202 Å². The topological polar surface area (TPSA) is 83.6 Å². The van der Waals surface area contributed by atoms with Gasteiger partial charge in [0.15, 0.2) is 11.5 Å². The van der Waals surface area contributed by atoms with Crippen molar-refractivity contribution in [1.29, 1.82) is 0 Å². The van der Waals surface area contributed by atoms with Crippen LogP contribution in [-0.4, -0.2) is 21.8 Å². The zero-order chi connectivity index (χ0) is 23.3. The van der Waals surface area contributed by atoms with Crippen molar-refractivity contribution < 1.29 is 19.1 Å². The molecule has 1 N–H and O–H groups in total. The van der Waals surface area contributed by atoms with Crippen LogP contribution < -0.4 is 4.90 Å². The normalized spacial score (nSPS) is 16.2. The number of ketones is 1. The quantitative estimate of drug-likeness (QED) is 0.316. The zero-order valence-corrected chi connectivity index (χ0v) is 19.6. The molecule has 6 nitrogen and oxygen atoms in total. The van der Waals surface area contributed by atoms with Crippen LogP contribution in [0.25, 0.3) is 11.0 Å². The van der Waals surface area contributed by atoms with E-state index in [1.54, 1.807) is 60.9 Å². The summed E-state index contributed by atoms with van der Waals surface area (Å²) >= 11 is 9.51. The van der Waals surface area contributed by atoms with E-state index in [1.807, 2.05) is 13.0 Å². The molecule has 0 spiro atoms. The van der Waals surface area contributed by atoms with Gasteiger partial charge in [-0.15, -0.1) is 0 Å². The number of Topliss-reactive ketones (excluding diaryl/α,β-unsaturated/α-hetero) is 1. The summed E-state index contributed by atoms with van der Waals surface area (Å²) < 4.78 is 6.61. The standard InChI is InChI=1S/C25H16BrClN2O4/c1-13-9-17(27)5-6-18(13)29-22(14-3-2-8-28-12-14)21(24(31)25(29)32)23(30)20-11-15-10-16(26)4-7-19(15)33-20/h2-12,22,31H,1H3. The van der Waals surface area contributed by atoms with Gasteiger partial charge in [-0.2, -0.15) is 0 Å². The molecule has 1 aliphatic heterocycles. The van der Waals surface area contributed by atoms with Gasteiger partial charge in [-0.05, 0) is 66.6 Å². The summed E-state index contributed by atoms with van der Waals surface area (Å²) in [6.45, 7) is 1.81. The van der Waals surface area contributed by atoms with Crippen LogP contribution in [0.3, 0.4) is 0 Å². The average molecular weight is 524 g/mol. The lowest BCUT2D eigenvalue weighted by atomic mass is 9.95. The number of carbonyl (C=O) groups excluding carboxylic acids is 2. The first-order valence-electron chi connectivity index (χ1n) is 10.0. The highest BCUT2D eigenvalue weighted by Crippen LogP contribution is 2.43. The third-order valence-corrected chi connectivity index (χ3v) is 6.30. The van der Waals surface area contributed by atoms with Crippen LogP contribution in [0.4, 0.5) is 5.69 Å². The number of nitrogens with zero attached hydrogens (tertiary/aromatic N) is 2. The van der Waals surface area contributed by atoms with Gasteiger partial charge < -0.3 is 9.52 Å². The number of fused-ring (bicyclic) bond motifs is 1. The van der Waals surface area contributed by atoms with Gasteiger partial charge in [0.1, 0.15) is 5.58 Å². The number of rotatable bonds is 4. The smallest absolute Gasteiger partial charge is 0.294 e. The van der Waals surface area contributed by atoms with E-state index in [0.29, 0.717) is 21.9 Å². The van der Waals surface area contributed by atoms with Gasteiger partial charge in [0.25, 0.3) is 5.91 Å². The van der Waals surface area contributed by atoms with E-state index >= 15 is 0 Å². The number of amides is 1. The van der Waals surface area contributed by atoms with Crippen molar-refractivity contribution in [1.82, 2.24) is 4.98 Å². The summed E-state index contributed by atoms with van der Waals surface area (Å²) in [5.41, 5.74) is 2.28. The molecule has 33 heavy (non-hydrogen) atoms. The minimum atomic E-state index is -0.890. The molecule has 2 aromatic carbocycles. The molecule has 0 saturated carbocycles. The molecular formula is C25H16BrClN2O4. The number of carbonyl (C=O) groups is 2. The summed E-state index contributed by atoms with van der Waals surface area (Å²) in [5.74, 6) is -1.85. The van der Waals surface area contributed by atoms with Crippen molar-refractivity contribution in [2.24, 2.45) is 0 Å². The first kappa shape index (κ1) is 21.4. The van der Waals surface area contributed by atoms with Crippen LogP contribution in [0.15, 0.2) is 87.2 Å². The first-order valence-corrected chi connectivity index (χ1v) is 11.2. The fourth-order valence-corrected chi connectivity index (χ4v) is 4.69. The highest BCUT2D eigenvalue weighted by Gasteiger charge is 2.45. The lowest BCUT2D eigenvalue weighted by Crippen LogP contribution is -2.31. The van der Waals surface area contributed by atoms with E-state index in [9.17, 15) is 14.7 Å². The van der Waals surface area contributed by atoms with Gasteiger partial charge in [-0.3, -0.25) is 19.5 Å². The highest BCUT2D eigenvalue weighted by atomic mass is 79.9. The largest absolute Gasteiger partial charge is 0.503 e. The summed E-state index contributed by atoms with van der Waals surface area (Å²) in [6, 6.07) is 14.6. The Morgan fingerprint density at radius 2 is 2.00 bits per heavy atom. The SMILES string of the molecule is Cc1cc(Cl)ccc1N1C(=O)C(O)=C(C(=O)c2cc3cc(Br)ccc3o2)C1c1cccnc1. The van der Waals surface area contributed by atoms with Crippen molar-refractivity contribution >= 4 is 55.9 Å². The van der Waals surface area contributed by atoms with Gasteiger partial charge >= 0.3 is 0 Å². The molecular weight excluding hydrogens is 508 g/mol. The first-order chi connectivity index (χ1) is 15.8. The summed E-state index contributed by atoms with van der Waals surface area (Å²) in [4.78, 5) is 32.4. The van der Waals surface area contributed by atoms with Crippen LogP contribution in [0.2, 0.25) is 5.02 Å². The minimum absolute atomic E-state index is 0.0287. The Morgan fingerprint density at radius 3 is 2.73 bits per heavy atom. The van der Waals surface area contributed by atoms with E-state index in [1.165, 1.54) is 4.90 Å². The number of benzene rings is 2. The number of hydrogen-bond acceptors (Lipinski definition) is 5. The third-order valence-electron chi connectivity index (χ3n) is 5.57. The van der Waals surface area contributed by atoms with Crippen molar-refractivity contribution in [2.45, 2.75) is 13.0 Å². The lowest BCUT2D eigenvalue weighted by Gasteiger charge is -2.27. The second kappa shape index (κ2) is 8.17. The number of aliphatic hydroxyl groups excluding tert-OH is 1. The minimum Gasteiger partial charge on any atom is -0.503 e. The average Bonchev–Trinajstić information content (AvgIpc) is 3.33. The molecule has 1 amide bonds. The van der Waals surface area contributed by atoms with E-state index in [-0.39, 0.29) is 11.3 Å². The number of aryl methyl sites for hydroxylation is 1. The third kappa shape index (κ3) is 3.63. The molecule has 2 aromatic heterocycles. The predicted molar refractivity (Wildman–Crippen MR) is 129 cm³/mol. The van der Waals surface area contributed by atoms with E-state index < -0.39 is 23.5 Å². The number of furan rings is 1. The second-order valence-corrected chi connectivity index (χ2v) is 9.03. The van der Waals surface area contributed by atoms with Crippen molar-refractivity contribution in [3.8, 4) is 0 Å². The van der Waals surface area contributed by atoms with Gasteiger partial charge in [0.2, 0.25) is 5.78 Å². The Balaban J connectivity index is 1.67. The molecule has 0 fully saturated rings. The van der Waals surface area contributed by atoms with Crippen LogP contribution >= 0.6 is 27.5 Å². The molecule has 0 aliphatic carbocycles. The molecule has 8 heteroatoms. The van der Waals surface area contributed by atoms with Gasteiger partial charge in [0.05, 0.1) is 11.6 Å². The molecule has 1 unspecified atom stereocenters. The predicted octanol–water partition coefficient (Wildman–Crippen LogP) is 6.34. The molecule has 4 aromatic rings. The van der Waals surface area contributed by atoms with E-state index in [2.05, 4.69) is 20.9 Å². The molecule has 0 saturated heterocycles. The number of halogens is 2. The number of pyridine rings is 1. The molecule has 164 valence electrons. The number of hydrogen-bond donors (Lipinski definition) is 1. The van der Waals surface area contributed by atoms with Crippen molar-refractivity contribution in [3.05, 3.63) is 105 Å². The Bertz CT molecular complexity index is 1460. The molecule has 1 atom stereocenters. The lowest BCUT2D eigenvalue weighted by molar-refractivity contribution is -0.117. The maximum absolute atomic E-state index is 13.6. The fraction of sp³-hybridized carbons (Fsp3) is 0.0800. The van der Waals surface area contributed by atoms with Crippen LogP contribution in [0.1, 0.15) is 27.7 Å². The number of aromatic nitrogens is 1. The Morgan fingerprint density at radius 1 is 1.18 bits per heavy atom. The van der Waals surface area contributed by atoms with Gasteiger partial charge in [-0.25, -0.2) is 0 Å². The monoisotopic (exact) mass is 522 g/mol. The summed E-state index contributed by atoms with van der Waals surface area (Å²) in [7, 11) is 0.